The Labute approximate surface area is 105 Å². The summed E-state index contributed by atoms with van der Waals surface area (Å²) in [5.41, 5.74) is 1.29. The summed E-state index contributed by atoms with van der Waals surface area (Å²) in [6.45, 7) is 12.8. The lowest BCUT2D eigenvalue weighted by Crippen LogP contribution is -2.31. The van der Waals surface area contributed by atoms with Gasteiger partial charge >= 0.3 is 0 Å². The zero-order chi connectivity index (χ0) is 12.8. The van der Waals surface area contributed by atoms with E-state index in [-0.39, 0.29) is 0 Å². The fourth-order valence-corrected chi connectivity index (χ4v) is 1.84. The van der Waals surface area contributed by atoms with Crippen molar-refractivity contribution in [3.8, 4) is 0 Å². The lowest BCUT2D eigenvalue weighted by atomic mass is 10.2. The average Bonchev–Trinajstić information content (AvgIpc) is 2.27. The van der Waals surface area contributed by atoms with Gasteiger partial charge in [-0.15, -0.1) is 0 Å². The highest BCUT2D eigenvalue weighted by atomic mass is 15.2. The Kier molecular flexibility index (Phi) is 5.42. The second-order valence-corrected chi connectivity index (χ2v) is 4.94. The molecule has 0 unspecified atom stereocenters. The number of nitrogens with zero attached hydrogens (tertiary/aromatic N) is 2. The third kappa shape index (κ3) is 4.35. The molecule has 0 amide bonds. The van der Waals surface area contributed by atoms with Crippen molar-refractivity contribution in [2.75, 3.05) is 11.4 Å². The fourth-order valence-electron chi connectivity index (χ4n) is 1.84. The minimum Gasteiger partial charge on any atom is -0.354 e. The van der Waals surface area contributed by atoms with Crippen LogP contribution in [0.25, 0.3) is 0 Å². The Bertz CT molecular complexity index is 334. The molecule has 1 rings (SSSR count). The van der Waals surface area contributed by atoms with Crippen molar-refractivity contribution in [2.45, 2.75) is 53.2 Å². The quantitative estimate of drug-likeness (QED) is 0.822. The first-order valence-electron chi connectivity index (χ1n) is 6.49. The predicted octanol–water partition coefficient (Wildman–Crippen LogP) is 2.81. The SMILES string of the molecule is CCN(c1cc(CNC(C)C)ccn1)C(C)C. The monoisotopic (exact) mass is 235 g/mol. The number of anilines is 1. The summed E-state index contributed by atoms with van der Waals surface area (Å²) in [6.07, 6.45) is 1.90. The predicted molar refractivity (Wildman–Crippen MR) is 74.4 cm³/mol. The highest BCUT2D eigenvalue weighted by Gasteiger charge is 2.09. The summed E-state index contributed by atoms with van der Waals surface area (Å²) in [5.74, 6) is 1.07. The molecule has 0 aliphatic rings. The van der Waals surface area contributed by atoms with E-state index in [0.29, 0.717) is 12.1 Å². The molecule has 0 aromatic carbocycles. The first-order chi connectivity index (χ1) is 8.04. The standard InChI is InChI=1S/C14H25N3/c1-6-17(12(4)5)14-9-13(7-8-15-14)10-16-11(2)3/h7-9,11-12,16H,6,10H2,1-5H3. The smallest absolute Gasteiger partial charge is 0.129 e. The van der Waals surface area contributed by atoms with Crippen LogP contribution in [0.2, 0.25) is 0 Å². The van der Waals surface area contributed by atoms with Crippen LogP contribution in [0.1, 0.15) is 40.2 Å². The number of hydrogen-bond donors (Lipinski definition) is 1. The van der Waals surface area contributed by atoms with Gasteiger partial charge in [-0.3, -0.25) is 0 Å². The Morgan fingerprint density at radius 3 is 2.53 bits per heavy atom. The maximum atomic E-state index is 4.46. The van der Waals surface area contributed by atoms with Gasteiger partial charge in [-0.05, 0) is 38.5 Å². The van der Waals surface area contributed by atoms with Crippen molar-refractivity contribution < 1.29 is 0 Å². The molecule has 1 aromatic rings. The van der Waals surface area contributed by atoms with Crippen molar-refractivity contribution >= 4 is 5.82 Å². The van der Waals surface area contributed by atoms with Crippen LogP contribution in [-0.2, 0) is 6.54 Å². The van der Waals surface area contributed by atoms with Crippen LogP contribution in [0.5, 0.6) is 0 Å². The minimum atomic E-state index is 0.487. The van der Waals surface area contributed by atoms with Crippen LogP contribution in [0.15, 0.2) is 18.3 Å². The molecule has 1 heterocycles. The van der Waals surface area contributed by atoms with E-state index in [4.69, 9.17) is 0 Å². The second-order valence-electron chi connectivity index (χ2n) is 4.94. The van der Waals surface area contributed by atoms with Crippen molar-refractivity contribution in [3.05, 3.63) is 23.9 Å². The third-order valence-electron chi connectivity index (χ3n) is 2.78. The molecule has 0 aliphatic heterocycles. The van der Waals surface area contributed by atoms with Crippen LogP contribution < -0.4 is 10.2 Å². The summed E-state index contributed by atoms with van der Waals surface area (Å²) < 4.78 is 0. The van der Waals surface area contributed by atoms with E-state index in [1.807, 2.05) is 6.20 Å². The molecule has 0 aliphatic carbocycles. The maximum Gasteiger partial charge on any atom is 0.129 e. The molecule has 1 N–H and O–H groups in total. The van der Waals surface area contributed by atoms with Gasteiger partial charge in [0, 0.05) is 31.4 Å². The molecule has 0 fully saturated rings. The van der Waals surface area contributed by atoms with Crippen LogP contribution in [-0.4, -0.2) is 23.6 Å². The van der Waals surface area contributed by atoms with Gasteiger partial charge in [-0.25, -0.2) is 4.98 Å². The fraction of sp³-hybridized carbons (Fsp3) is 0.643. The number of hydrogen-bond acceptors (Lipinski definition) is 3. The number of aromatic nitrogens is 1. The van der Waals surface area contributed by atoms with E-state index in [1.54, 1.807) is 0 Å². The highest BCUT2D eigenvalue weighted by Crippen LogP contribution is 2.15. The number of rotatable bonds is 6. The van der Waals surface area contributed by atoms with Crippen LogP contribution >= 0.6 is 0 Å². The van der Waals surface area contributed by atoms with Gasteiger partial charge in [0.05, 0.1) is 0 Å². The van der Waals surface area contributed by atoms with Gasteiger partial charge in [0.25, 0.3) is 0 Å². The van der Waals surface area contributed by atoms with Crippen molar-refractivity contribution in [3.63, 3.8) is 0 Å². The Morgan fingerprint density at radius 2 is 2.00 bits per heavy atom. The molecule has 0 atom stereocenters. The molecule has 0 saturated carbocycles. The summed E-state index contributed by atoms with van der Waals surface area (Å²) in [7, 11) is 0. The largest absolute Gasteiger partial charge is 0.354 e. The lowest BCUT2D eigenvalue weighted by Gasteiger charge is -2.26. The van der Waals surface area contributed by atoms with E-state index in [2.05, 4.69) is 62.0 Å². The zero-order valence-electron chi connectivity index (χ0n) is 11.7. The number of pyridine rings is 1. The minimum absolute atomic E-state index is 0.487. The second kappa shape index (κ2) is 6.60. The van der Waals surface area contributed by atoms with Gasteiger partial charge < -0.3 is 10.2 Å². The Balaban J connectivity index is 2.77. The van der Waals surface area contributed by atoms with Crippen LogP contribution in [0.3, 0.4) is 0 Å². The molecular weight excluding hydrogens is 210 g/mol. The average molecular weight is 235 g/mol. The van der Waals surface area contributed by atoms with Crippen LogP contribution in [0, 0.1) is 0 Å². The lowest BCUT2D eigenvalue weighted by molar-refractivity contribution is 0.588. The maximum absolute atomic E-state index is 4.46. The van der Waals surface area contributed by atoms with Gasteiger partial charge in [-0.1, -0.05) is 13.8 Å². The van der Waals surface area contributed by atoms with Crippen LogP contribution in [0.4, 0.5) is 5.82 Å². The zero-order valence-corrected chi connectivity index (χ0v) is 11.7. The summed E-state index contributed by atoms with van der Waals surface area (Å²) in [5, 5.41) is 3.43. The first kappa shape index (κ1) is 14.0. The van der Waals surface area contributed by atoms with Gasteiger partial charge in [0.15, 0.2) is 0 Å². The van der Waals surface area contributed by atoms with E-state index in [1.165, 1.54) is 5.56 Å². The topological polar surface area (TPSA) is 28.2 Å². The van der Waals surface area contributed by atoms with Crippen molar-refractivity contribution in [1.82, 2.24) is 10.3 Å². The molecule has 3 heteroatoms. The highest BCUT2D eigenvalue weighted by molar-refractivity contribution is 5.41. The molecule has 96 valence electrons. The molecule has 1 aromatic heterocycles. The number of nitrogens with one attached hydrogen (secondary N) is 1. The van der Waals surface area contributed by atoms with Crippen molar-refractivity contribution in [2.24, 2.45) is 0 Å². The first-order valence-corrected chi connectivity index (χ1v) is 6.49. The molecule has 0 bridgehead atoms. The van der Waals surface area contributed by atoms with Gasteiger partial charge in [0.1, 0.15) is 5.82 Å². The molecule has 0 spiro atoms. The van der Waals surface area contributed by atoms with Gasteiger partial charge in [0.2, 0.25) is 0 Å². The summed E-state index contributed by atoms with van der Waals surface area (Å²) in [6, 6.07) is 5.26. The summed E-state index contributed by atoms with van der Waals surface area (Å²) in [4.78, 5) is 6.76. The molecule has 3 nitrogen and oxygen atoms in total. The van der Waals surface area contributed by atoms with E-state index in [9.17, 15) is 0 Å². The normalized spacial score (nSPS) is 11.2. The molecular formula is C14H25N3. The van der Waals surface area contributed by atoms with E-state index in [0.717, 1.165) is 18.9 Å². The van der Waals surface area contributed by atoms with Crippen molar-refractivity contribution in [1.29, 1.82) is 0 Å². The summed E-state index contributed by atoms with van der Waals surface area (Å²) >= 11 is 0. The molecule has 0 radical (unpaired) electrons. The molecule has 17 heavy (non-hydrogen) atoms. The Hall–Kier alpha value is -1.09. The van der Waals surface area contributed by atoms with E-state index < -0.39 is 0 Å². The third-order valence-corrected chi connectivity index (χ3v) is 2.78. The molecule has 0 saturated heterocycles. The van der Waals surface area contributed by atoms with E-state index >= 15 is 0 Å². The Morgan fingerprint density at radius 1 is 1.29 bits per heavy atom. The van der Waals surface area contributed by atoms with Gasteiger partial charge in [-0.2, -0.15) is 0 Å².